The lowest BCUT2D eigenvalue weighted by Crippen LogP contribution is -2.39. The van der Waals surface area contributed by atoms with Crippen molar-refractivity contribution in [1.82, 2.24) is 9.97 Å². The van der Waals surface area contributed by atoms with Gasteiger partial charge in [0.15, 0.2) is 0 Å². The molecule has 0 spiro atoms. The van der Waals surface area contributed by atoms with Crippen molar-refractivity contribution < 1.29 is 4.74 Å². The summed E-state index contributed by atoms with van der Waals surface area (Å²) < 4.78 is 6.03. The Bertz CT molecular complexity index is 1100. The first kappa shape index (κ1) is 21.0. The summed E-state index contributed by atoms with van der Waals surface area (Å²) in [7, 11) is 0. The number of piperidine rings is 1. The molecule has 2 aromatic carbocycles. The molecule has 3 aromatic rings. The Balaban J connectivity index is 1.39. The summed E-state index contributed by atoms with van der Waals surface area (Å²) in [6.07, 6.45) is 3.66. The molecule has 0 radical (unpaired) electrons. The van der Waals surface area contributed by atoms with Gasteiger partial charge < -0.3 is 15.0 Å². The van der Waals surface area contributed by atoms with Crippen LogP contribution in [0.2, 0.25) is 5.02 Å². The minimum atomic E-state index is 0.295. The number of aryl methyl sites for hydroxylation is 2. The van der Waals surface area contributed by atoms with Crippen molar-refractivity contribution >= 4 is 23.2 Å². The van der Waals surface area contributed by atoms with Gasteiger partial charge in [-0.25, -0.2) is 4.98 Å². The third-order valence-corrected chi connectivity index (χ3v) is 5.66. The topological polar surface area (TPSA) is 74.1 Å². The molecular formula is C24H24ClN5O. The molecule has 1 fully saturated rings. The highest BCUT2D eigenvalue weighted by atomic mass is 35.5. The van der Waals surface area contributed by atoms with E-state index in [2.05, 4.69) is 32.3 Å². The zero-order chi connectivity index (χ0) is 21.8. The van der Waals surface area contributed by atoms with Gasteiger partial charge in [0, 0.05) is 42.1 Å². The number of nitrogens with one attached hydrogen (secondary N) is 1. The van der Waals surface area contributed by atoms with Crippen molar-refractivity contribution in [3.63, 3.8) is 0 Å². The van der Waals surface area contributed by atoms with Crippen molar-refractivity contribution in [3.05, 3.63) is 70.4 Å². The maximum atomic E-state index is 9.12. The first-order chi connectivity index (χ1) is 15.0. The highest BCUT2D eigenvalue weighted by Crippen LogP contribution is 2.29. The van der Waals surface area contributed by atoms with Gasteiger partial charge in [0.1, 0.15) is 5.75 Å². The van der Waals surface area contributed by atoms with Gasteiger partial charge >= 0.3 is 0 Å². The average molecular weight is 434 g/mol. The summed E-state index contributed by atoms with van der Waals surface area (Å²) in [4.78, 5) is 11.2. The van der Waals surface area contributed by atoms with Crippen molar-refractivity contribution in [1.29, 1.82) is 5.26 Å². The van der Waals surface area contributed by atoms with Gasteiger partial charge in [0.25, 0.3) is 0 Å². The second kappa shape index (κ2) is 9.23. The Labute approximate surface area is 187 Å². The molecule has 7 heteroatoms. The second-order valence-electron chi connectivity index (χ2n) is 7.76. The van der Waals surface area contributed by atoms with Crippen molar-refractivity contribution in [2.45, 2.75) is 32.7 Å². The molecule has 4 rings (SSSR count). The highest BCUT2D eigenvalue weighted by Gasteiger charge is 2.20. The molecule has 2 heterocycles. The summed E-state index contributed by atoms with van der Waals surface area (Å²) in [5.74, 6) is 1.76. The zero-order valence-electron chi connectivity index (χ0n) is 17.6. The van der Waals surface area contributed by atoms with E-state index in [-0.39, 0.29) is 0 Å². The van der Waals surface area contributed by atoms with Gasteiger partial charge in [-0.05, 0) is 68.1 Å². The molecule has 6 nitrogen and oxygen atoms in total. The van der Waals surface area contributed by atoms with Crippen LogP contribution in [-0.4, -0.2) is 29.1 Å². The van der Waals surface area contributed by atoms with Crippen LogP contribution in [0.15, 0.2) is 48.7 Å². The molecule has 1 aliphatic heterocycles. The molecule has 1 aromatic heterocycles. The lowest BCUT2D eigenvalue weighted by Gasteiger charge is -2.34. The van der Waals surface area contributed by atoms with Crippen LogP contribution in [0.4, 0.5) is 11.6 Å². The highest BCUT2D eigenvalue weighted by molar-refractivity contribution is 6.30. The molecular weight excluding hydrogens is 410 g/mol. The number of hydrogen-bond donors (Lipinski definition) is 1. The number of anilines is 2. The van der Waals surface area contributed by atoms with E-state index in [1.165, 1.54) is 0 Å². The molecule has 1 N–H and O–H groups in total. The Morgan fingerprint density at radius 1 is 1.13 bits per heavy atom. The van der Waals surface area contributed by atoms with Crippen LogP contribution >= 0.6 is 11.6 Å². The van der Waals surface area contributed by atoms with Crippen molar-refractivity contribution in [3.8, 4) is 17.7 Å². The summed E-state index contributed by atoms with van der Waals surface area (Å²) in [5.41, 5.74) is 3.58. The number of halogens is 1. The van der Waals surface area contributed by atoms with Crippen LogP contribution in [0, 0.1) is 25.2 Å². The Morgan fingerprint density at radius 3 is 2.55 bits per heavy atom. The van der Waals surface area contributed by atoms with E-state index >= 15 is 0 Å². The molecule has 0 unspecified atom stereocenters. The lowest BCUT2D eigenvalue weighted by atomic mass is 10.0. The lowest BCUT2D eigenvalue weighted by molar-refractivity contribution is 0.454. The van der Waals surface area contributed by atoms with E-state index in [0.29, 0.717) is 23.4 Å². The number of benzene rings is 2. The van der Waals surface area contributed by atoms with E-state index in [0.717, 1.165) is 53.5 Å². The largest absolute Gasteiger partial charge is 0.438 e. The van der Waals surface area contributed by atoms with E-state index in [9.17, 15) is 0 Å². The van der Waals surface area contributed by atoms with Gasteiger partial charge in [-0.3, -0.25) is 0 Å². The Kier molecular flexibility index (Phi) is 6.24. The number of ether oxygens (including phenoxy) is 1. The predicted molar refractivity (Wildman–Crippen MR) is 123 cm³/mol. The molecule has 1 saturated heterocycles. The van der Waals surface area contributed by atoms with E-state index in [1.807, 2.05) is 44.2 Å². The van der Waals surface area contributed by atoms with Gasteiger partial charge in [-0.15, -0.1) is 0 Å². The molecule has 0 aliphatic carbocycles. The van der Waals surface area contributed by atoms with Crippen LogP contribution < -0.4 is 15.0 Å². The summed E-state index contributed by atoms with van der Waals surface area (Å²) in [6.45, 7) is 5.74. The quantitative estimate of drug-likeness (QED) is 0.573. The fourth-order valence-electron chi connectivity index (χ4n) is 3.89. The fraction of sp³-hybridized carbons (Fsp3) is 0.292. The van der Waals surface area contributed by atoms with E-state index in [1.54, 1.807) is 12.3 Å². The van der Waals surface area contributed by atoms with Gasteiger partial charge in [-0.2, -0.15) is 10.2 Å². The molecule has 158 valence electrons. The maximum absolute atomic E-state index is 9.12. The predicted octanol–water partition coefficient (Wildman–Crippen LogP) is 5.49. The number of nitrogens with zero attached hydrogens (tertiary/aromatic N) is 4. The number of hydrogen-bond acceptors (Lipinski definition) is 6. The Hall–Kier alpha value is -3.30. The third kappa shape index (κ3) is 5.07. The standard InChI is InChI=1S/C24H24ClN5O/c1-16-12-18(15-26)13-17(2)23(16)31-22-6-9-27-24(29-22)28-20-7-10-30(11-8-20)21-5-3-4-19(25)14-21/h3-6,9,12-14,20H,7-8,10-11H2,1-2H3,(H,27,28,29). The van der Waals surface area contributed by atoms with Crippen LogP contribution in [0.3, 0.4) is 0 Å². The number of aromatic nitrogens is 2. The van der Waals surface area contributed by atoms with Crippen LogP contribution in [0.5, 0.6) is 11.6 Å². The molecule has 0 amide bonds. The van der Waals surface area contributed by atoms with Gasteiger partial charge in [0.05, 0.1) is 11.6 Å². The van der Waals surface area contributed by atoms with Gasteiger partial charge in [-0.1, -0.05) is 17.7 Å². The van der Waals surface area contributed by atoms with E-state index in [4.69, 9.17) is 21.6 Å². The normalized spacial score (nSPS) is 14.2. The minimum absolute atomic E-state index is 0.295. The summed E-state index contributed by atoms with van der Waals surface area (Å²) in [5, 5.41) is 13.3. The monoisotopic (exact) mass is 433 g/mol. The zero-order valence-corrected chi connectivity index (χ0v) is 18.4. The van der Waals surface area contributed by atoms with E-state index < -0.39 is 0 Å². The van der Waals surface area contributed by atoms with Crippen LogP contribution in [-0.2, 0) is 0 Å². The second-order valence-corrected chi connectivity index (χ2v) is 8.19. The molecule has 0 bridgehead atoms. The molecule has 0 saturated carbocycles. The molecule has 31 heavy (non-hydrogen) atoms. The summed E-state index contributed by atoms with van der Waals surface area (Å²) >= 11 is 6.13. The fourth-order valence-corrected chi connectivity index (χ4v) is 4.07. The van der Waals surface area contributed by atoms with Crippen LogP contribution in [0.25, 0.3) is 0 Å². The Morgan fingerprint density at radius 2 is 1.87 bits per heavy atom. The molecule has 0 atom stereocenters. The maximum Gasteiger partial charge on any atom is 0.226 e. The first-order valence-corrected chi connectivity index (χ1v) is 10.7. The number of rotatable bonds is 5. The minimum Gasteiger partial charge on any atom is -0.438 e. The SMILES string of the molecule is Cc1cc(C#N)cc(C)c1Oc1ccnc(NC2CCN(c3cccc(Cl)c3)CC2)n1. The first-order valence-electron chi connectivity index (χ1n) is 10.3. The van der Waals surface area contributed by atoms with Gasteiger partial charge in [0.2, 0.25) is 11.8 Å². The average Bonchev–Trinajstić information content (AvgIpc) is 2.77. The molecule has 1 aliphatic rings. The van der Waals surface area contributed by atoms with Crippen LogP contribution in [0.1, 0.15) is 29.5 Å². The third-order valence-electron chi connectivity index (χ3n) is 5.43. The van der Waals surface area contributed by atoms with Crippen molar-refractivity contribution in [2.75, 3.05) is 23.3 Å². The summed E-state index contributed by atoms with van der Waals surface area (Å²) in [6, 6.07) is 15.8. The van der Waals surface area contributed by atoms with Crippen molar-refractivity contribution in [2.24, 2.45) is 0 Å². The number of nitriles is 1. The smallest absolute Gasteiger partial charge is 0.226 e.